The number of aromatic hydroxyl groups is 1. The molecule has 1 atom stereocenters. The van der Waals surface area contributed by atoms with Gasteiger partial charge in [-0.3, -0.25) is 0 Å². The fourth-order valence-electron chi connectivity index (χ4n) is 1.78. The maximum absolute atomic E-state index is 9.30. The van der Waals surface area contributed by atoms with Gasteiger partial charge in [0.1, 0.15) is 11.5 Å². The van der Waals surface area contributed by atoms with E-state index in [2.05, 4.69) is 5.32 Å². The van der Waals surface area contributed by atoms with E-state index in [1.807, 2.05) is 19.1 Å². The van der Waals surface area contributed by atoms with E-state index >= 15 is 0 Å². The lowest BCUT2D eigenvalue weighted by atomic mass is 10.2. The van der Waals surface area contributed by atoms with Gasteiger partial charge < -0.3 is 36.8 Å². The maximum atomic E-state index is 9.30. The minimum atomic E-state index is -0.865. The van der Waals surface area contributed by atoms with Crippen LogP contribution in [0.25, 0.3) is 0 Å². The number of aliphatic hydroxyl groups is 2. The van der Waals surface area contributed by atoms with E-state index in [-0.39, 0.29) is 12.4 Å². The first kappa shape index (κ1) is 19.4. The van der Waals surface area contributed by atoms with Gasteiger partial charge in [-0.15, -0.1) is 0 Å². The number of benzene rings is 2. The highest BCUT2D eigenvalue weighted by atomic mass is 16.6. The lowest BCUT2D eigenvalue weighted by Crippen LogP contribution is -2.10. The van der Waals surface area contributed by atoms with Gasteiger partial charge in [-0.05, 0) is 43.7 Å². The van der Waals surface area contributed by atoms with E-state index in [9.17, 15) is 5.11 Å². The Kier molecular flexibility index (Phi) is 7.67. The summed E-state index contributed by atoms with van der Waals surface area (Å²) in [6, 6.07) is 10.2. The van der Waals surface area contributed by atoms with E-state index in [1.54, 1.807) is 24.3 Å². The molecule has 0 radical (unpaired) electrons. The molecule has 0 spiro atoms. The van der Waals surface area contributed by atoms with Crippen LogP contribution in [-0.2, 0) is 0 Å². The molecule has 0 saturated carbocycles. The summed E-state index contributed by atoms with van der Waals surface area (Å²) < 4.78 is 4.97. The van der Waals surface area contributed by atoms with Crippen LogP contribution in [0.5, 0.6) is 11.5 Å². The summed E-state index contributed by atoms with van der Waals surface area (Å²) in [5.74, 6) is 0.720. The van der Waals surface area contributed by atoms with Crippen molar-refractivity contribution in [3.8, 4) is 11.5 Å². The molecule has 132 valence electrons. The van der Waals surface area contributed by atoms with Crippen LogP contribution in [0.4, 0.5) is 17.1 Å². The van der Waals surface area contributed by atoms with E-state index in [0.717, 1.165) is 11.3 Å². The molecule has 0 heterocycles. The number of nitrogens with two attached hydrogens (primary N) is 2. The third-order valence-corrected chi connectivity index (χ3v) is 2.98. The normalized spacial score (nSPS) is 11.2. The smallest absolute Gasteiger partial charge is 0.194 e. The molecule has 0 aliphatic rings. The summed E-state index contributed by atoms with van der Waals surface area (Å²) in [7, 11) is 0. The standard InChI is InChI=1S/C9H13NO2.C8H12N2O2/c1-7-2-3-8(6-9(7)12)10-4-5-11;1-5(11)12-8-3-2-6(9)4-7(8)10/h2-3,6,10-12H,4-5H2,1H3;2-5,11H,9-10H2,1H3. The summed E-state index contributed by atoms with van der Waals surface area (Å²) in [4.78, 5) is 0. The second-order valence-electron chi connectivity index (χ2n) is 5.17. The Hall–Kier alpha value is -2.64. The highest BCUT2D eigenvalue weighted by Gasteiger charge is 2.02. The molecule has 7 nitrogen and oxygen atoms in total. The number of hydrogen-bond donors (Lipinski definition) is 6. The van der Waals surface area contributed by atoms with Crippen LogP contribution in [0.1, 0.15) is 12.5 Å². The molecule has 2 aromatic rings. The lowest BCUT2D eigenvalue weighted by Gasteiger charge is -2.10. The molecular formula is C17H25N3O4. The topological polar surface area (TPSA) is 134 Å². The van der Waals surface area contributed by atoms with Crippen molar-refractivity contribution in [1.82, 2.24) is 0 Å². The Morgan fingerprint density at radius 2 is 1.88 bits per heavy atom. The van der Waals surface area contributed by atoms with Crippen LogP contribution < -0.4 is 21.5 Å². The second-order valence-corrected chi connectivity index (χ2v) is 5.17. The monoisotopic (exact) mass is 335 g/mol. The molecular weight excluding hydrogens is 310 g/mol. The number of nitrogen functional groups attached to an aromatic ring is 2. The van der Waals surface area contributed by atoms with Gasteiger partial charge in [0.05, 0.1) is 12.3 Å². The summed E-state index contributed by atoms with van der Waals surface area (Å²) in [6.07, 6.45) is -0.865. The SMILES string of the molecule is CC(O)Oc1ccc(N)cc1N.Cc1ccc(NCCO)cc1O. The zero-order chi connectivity index (χ0) is 18.1. The van der Waals surface area contributed by atoms with Crippen molar-refractivity contribution >= 4 is 17.1 Å². The Morgan fingerprint density at radius 1 is 1.17 bits per heavy atom. The van der Waals surface area contributed by atoms with Gasteiger partial charge in [0, 0.05) is 24.0 Å². The lowest BCUT2D eigenvalue weighted by molar-refractivity contribution is 0.000281. The second kappa shape index (κ2) is 9.49. The van der Waals surface area contributed by atoms with Gasteiger partial charge in [-0.1, -0.05) is 6.07 Å². The van der Waals surface area contributed by atoms with Crippen LogP contribution in [0.3, 0.4) is 0 Å². The molecule has 2 aromatic carbocycles. The predicted molar refractivity (Wildman–Crippen MR) is 96.0 cm³/mol. The number of phenolic OH excluding ortho intramolecular Hbond substituents is 1. The molecule has 0 fully saturated rings. The van der Waals surface area contributed by atoms with Crippen molar-refractivity contribution in [3.05, 3.63) is 42.0 Å². The molecule has 0 bridgehead atoms. The number of rotatable bonds is 5. The maximum Gasteiger partial charge on any atom is 0.194 e. The molecule has 0 aromatic heterocycles. The molecule has 24 heavy (non-hydrogen) atoms. The predicted octanol–water partition coefficient (Wildman–Crippen LogP) is 1.67. The van der Waals surface area contributed by atoms with E-state index in [1.165, 1.54) is 6.92 Å². The number of anilines is 3. The van der Waals surface area contributed by atoms with Gasteiger partial charge in [-0.25, -0.2) is 0 Å². The van der Waals surface area contributed by atoms with Crippen molar-refractivity contribution in [2.24, 2.45) is 0 Å². The van der Waals surface area contributed by atoms with Gasteiger partial charge in [-0.2, -0.15) is 0 Å². The fraction of sp³-hybridized carbons (Fsp3) is 0.294. The van der Waals surface area contributed by atoms with Gasteiger partial charge >= 0.3 is 0 Å². The molecule has 1 unspecified atom stereocenters. The zero-order valence-electron chi connectivity index (χ0n) is 13.9. The fourth-order valence-corrected chi connectivity index (χ4v) is 1.78. The van der Waals surface area contributed by atoms with Crippen LogP contribution >= 0.6 is 0 Å². The third-order valence-electron chi connectivity index (χ3n) is 2.98. The Morgan fingerprint density at radius 3 is 2.42 bits per heavy atom. The first-order valence-electron chi connectivity index (χ1n) is 7.47. The van der Waals surface area contributed by atoms with Gasteiger partial charge in [0.2, 0.25) is 0 Å². The average Bonchev–Trinajstić information content (AvgIpc) is 2.52. The average molecular weight is 335 g/mol. The van der Waals surface area contributed by atoms with Crippen molar-refractivity contribution in [2.45, 2.75) is 20.1 Å². The summed E-state index contributed by atoms with van der Waals surface area (Å²) in [5.41, 5.74) is 13.7. The van der Waals surface area contributed by atoms with E-state index in [4.69, 9.17) is 26.4 Å². The summed E-state index contributed by atoms with van der Waals surface area (Å²) in [6.45, 7) is 3.94. The zero-order valence-corrected chi connectivity index (χ0v) is 13.9. The molecule has 7 heteroatoms. The highest BCUT2D eigenvalue weighted by Crippen LogP contribution is 2.24. The molecule has 0 aliphatic heterocycles. The van der Waals surface area contributed by atoms with Gasteiger partial charge in [0.15, 0.2) is 6.29 Å². The van der Waals surface area contributed by atoms with E-state index in [0.29, 0.717) is 23.7 Å². The minimum Gasteiger partial charge on any atom is -0.508 e. The number of ether oxygens (including phenoxy) is 1. The summed E-state index contributed by atoms with van der Waals surface area (Å²) >= 11 is 0. The quantitative estimate of drug-likeness (QED) is 0.361. The summed E-state index contributed by atoms with van der Waals surface area (Å²) in [5, 5.41) is 29.7. The Balaban J connectivity index is 0.000000240. The van der Waals surface area contributed by atoms with Crippen LogP contribution in [0, 0.1) is 6.92 Å². The first-order valence-corrected chi connectivity index (χ1v) is 7.47. The molecule has 0 amide bonds. The molecule has 0 aliphatic carbocycles. The van der Waals surface area contributed by atoms with Crippen molar-refractivity contribution < 1.29 is 20.1 Å². The Labute approximate surface area is 141 Å². The minimum absolute atomic E-state index is 0.0919. The first-order chi connectivity index (χ1) is 11.3. The number of phenols is 1. The molecule has 0 saturated heterocycles. The van der Waals surface area contributed by atoms with Crippen LogP contribution in [-0.4, -0.2) is 34.8 Å². The van der Waals surface area contributed by atoms with E-state index < -0.39 is 6.29 Å². The van der Waals surface area contributed by atoms with Gasteiger partial charge in [0.25, 0.3) is 0 Å². The molecule has 8 N–H and O–H groups in total. The third kappa shape index (κ3) is 6.64. The van der Waals surface area contributed by atoms with Crippen LogP contribution in [0.2, 0.25) is 0 Å². The number of aliphatic hydroxyl groups excluding tert-OH is 2. The molecule has 2 rings (SSSR count). The number of aryl methyl sites for hydroxylation is 1. The van der Waals surface area contributed by atoms with Crippen molar-refractivity contribution in [1.29, 1.82) is 0 Å². The Bertz CT molecular complexity index is 648. The van der Waals surface area contributed by atoms with Crippen LogP contribution in [0.15, 0.2) is 36.4 Å². The number of hydrogen-bond acceptors (Lipinski definition) is 7. The van der Waals surface area contributed by atoms with Crippen molar-refractivity contribution in [3.63, 3.8) is 0 Å². The van der Waals surface area contributed by atoms with Crippen molar-refractivity contribution in [2.75, 3.05) is 29.9 Å². The highest BCUT2D eigenvalue weighted by molar-refractivity contribution is 5.60. The number of nitrogens with one attached hydrogen (secondary N) is 1. The largest absolute Gasteiger partial charge is 0.508 e.